The molecule has 0 bridgehead atoms. The molecule has 0 aromatic carbocycles. The first-order valence-corrected chi connectivity index (χ1v) is 9.78. The summed E-state index contributed by atoms with van der Waals surface area (Å²) in [5.74, 6) is -1.32. The molecule has 4 aromatic heterocycles. The number of carbonyl (C=O) groups excluding carboxylic acids is 1. The third kappa shape index (κ3) is 5.27. The van der Waals surface area contributed by atoms with Crippen LogP contribution in [-0.4, -0.2) is 44.1 Å². The number of nitrogens with zero attached hydrogens (tertiary/aromatic N) is 4. The van der Waals surface area contributed by atoms with Crippen LogP contribution in [0, 0.1) is 0 Å². The summed E-state index contributed by atoms with van der Waals surface area (Å²) in [5, 5.41) is 10.0. The third-order valence-corrected chi connectivity index (χ3v) is 5.38. The Kier molecular flexibility index (Phi) is 6.72. The van der Waals surface area contributed by atoms with Crippen LogP contribution < -0.4 is 0 Å². The summed E-state index contributed by atoms with van der Waals surface area (Å²) in [6.45, 7) is 0. The number of thiazole rings is 2. The second-order valence-corrected chi connectivity index (χ2v) is 7.35. The number of esters is 1. The minimum atomic E-state index is -0.954. The maximum Gasteiger partial charge on any atom is 0.349 e. The van der Waals surface area contributed by atoms with Gasteiger partial charge < -0.3 is 9.84 Å². The van der Waals surface area contributed by atoms with Crippen LogP contribution in [0.15, 0.2) is 61.2 Å². The molecule has 0 aliphatic carbocycles. The van der Waals surface area contributed by atoms with Crippen molar-refractivity contribution in [2.75, 3.05) is 7.11 Å². The molecule has 4 rings (SSSR count). The highest BCUT2D eigenvalue weighted by Gasteiger charge is 2.12. The van der Waals surface area contributed by atoms with Crippen LogP contribution in [0.4, 0.5) is 0 Å². The van der Waals surface area contributed by atoms with E-state index in [1.54, 1.807) is 24.5 Å². The van der Waals surface area contributed by atoms with Gasteiger partial charge in [-0.25, -0.2) is 19.6 Å². The lowest BCUT2D eigenvalue weighted by molar-refractivity contribution is 0.0605. The molecular weight excluding hydrogens is 412 g/mol. The van der Waals surface area contributed by atoms with Gasteiger partial charge >= 0.3 is 11.9 Å². The first-order valence-electron chi connectivity index (χ1n) is 8.14. The second-order valence-electron chi connectivity index (χ2n) is 5.29. The summed E-state index contributed by atoms with van der Waals surface area (Å²) < 4.78 is 4.60. The van der Waals surface area contributed by atoms with Crippen molar-refractivity contribution in [1.29, 1.82) is 0 Å². The molecule has 0 unspecified atom stereocenters. The number of carbonyl (C=O) groups is 2. The van der Waals surface area contributed by atoms with E-state index in [9.17, 15) is 9.59 Å². The van der Waals surface area contributed by atoms with Gasteiger partial charge in [0.15, 0.2) is 0 Å². The Morgan fingerprint density at radius 3 is 1.76 bits per heavy atom. The highest BCUT2D eigenvalue weighted by Crippen LogP contribution is 2.23. The fourth-order valence-electron chi connectivity index (χ4n) is 2.06. The smallest absolute Gasteiger partial charge is 0.349 e. The standard InChI is InChI=1S/C10H8N2O2S.C9H6N2O2S/c1-14-10(13)8-6-12-9(15-8)7-4-2-3-5-11-7;12-9(13)7-5-11-8(14-7)6-3-1-2-4-10-6/h2-6H,1H3;1-5H,(H,12,13). The molecule has 4 aromatic rings. The number of carboxylic acid groups (broad SMARTS) is 1. The molecule has 10 heteroatoms. The molecule has 0 aliphatic heterocycles. The normalized spacial score (nSPS) is 9.97. The van der Waals surface area contributed by atoms with Crippen LogP contribution in [0.25, 0.3) is 21.4 Å². The Morgan fingerprint density at radius 1 is 0.828 bits per heavy atom. The van der Waals surface area contributed by atoms with E-state index in [1.165, 1.54) is 30.8 Å². The maximum absolute atomic E-state index is 11.2. The van der Waals surface area contributed by atoms with Crippen LogP contribution in [0.1, 0.15) is 19.3 Å². The first-order chi connectivity index (χ1) is 14.1. The van der Waals surface area contributed by atoms with Crippen LogP contribution in [-0.2, 0) is 4.74 Å². The van der Waals surface area contributed by atoms with Gasteiger partial charge in [0.25, 0.3) is 0 Å². The number of rotatable bonds is 4. The SMILES string of the molecule is COC(=O)c1cnc(-c2ccccn2)s1.O=C(O)c1cnc(-c2ccccn2)s1. The Hall–Kier alpha value is -3.50. The molecule has 8 nitrogen and oxygen atoms in total. The van der Waals surface area contributed by atoms with Gasteiger partial charge in [0.2, 0.25) is 0 Å². The van der Waals surface area contributed by atoms with E-state index in [1.807, 2.05) is 24.3 Å². The van der Waals surface area contributed by atoms with Crippen molar-refractivity contribution in [2.24, 2.45) is 0 Å². The average molecular weight is 426 g/mol. The maximum atomic E-state index is 11.2. The van der Waals surface area contributed by atoms with Gasteiger partial charge in [-0.2, -0.15) is 0 Å². The molecule has 29 heavy (non-hydrogen) atoms. The predicted molar refractivity (Wildman–Crippen MR) is 109 cm³/mol. The van der Waals surface area contributed by atoms with Crippen molar-refractivity contribution < 1.29 is 19.4 Å². The van der Waals surface area contributed by atoms with E-state index >= 15 is 0 Å². The summed E-state index contributed by atoms with van der Waals surface area (Å²) in [6.07, 6.45) is 6.18. The van der Waals surface area contributed by atoms with Crippen molar-refractivity contribution in [2.45, 2.75) is 0 Å². The van der Waals surface area contributed by atoms with Crippen LogP contribution in [0.3, 0.4) is 0 Å². The van der Waals surface area contributed by atoms with Gasteiger partial charge in [-0.05, 0) is 24.3 Å². The number of hydrogen-bond acceptors (Lipinski definition) is 9. The summed E-state index contributed by atoms with van der Waals surface area (Å²) in [6, 6.07) is 11.0. The summed E-state index contributed by atoms with van der Waals surface area (Å²) >= 11 is 2.39. The van der Waals surface area contributed by atoms with E-state index in [-0.39, 0.29) is 10.8 Å². The molecule has 0 saturated heterocycles. The Morgan fingerprint density at radius 2 is 1.34 bits per heavy atom. The first kappa shape index (κ1) is 20.2. The van der Waals surface area contributed by atoms with E-state index < -0.39 is 5.97 Å². The molecule has 0 saturated carbocycles. The summed E-state index contributed by atoms with van der Waals surface area (Å²) in [7, 11) is 1.35. The molecule has 0 fully saturated rings. The monoisotopic (exact) mass is 426 g/mol. The number of carboxylic acids is 1. The number of aromatic carboxylic acids is 1. The number of pyridine rings is 2. The van der Waals surface area contributed by atoms with Gasteiger partial charge in [0.1, 0.15) is 19.8 Å². The Labute approximate surface area is 173 Å². The minimum Gasteiger partial charge on any atom is -0.477 e. The zero-order chi connectivity index (χ0) is 20.6. The molecule has 1 N–H and O–H groups in total. The van der Waals surface area contributed by atoms with Gasteiger partial charge in [0.05, 0.1) is 30.9 Å². The van der Waals surface area contributed by atoms with E-state index in [0.717, 1.165) is 22.0 Å². The highest BCUT2D eigenvalue weighted by molar-refractivity contribution is 7.17. The van der Waals surface area contributed by atoms with Gasteiger partial charge in [0, 0.05) is 12.4 Å². The van der Waals surface area contributed by atoms with Crippen molar-refractivity contribution in [3.05, 3.63) is 70.9 Å². The fourth-order valence-corrected chi connectivity index (χ4v) is 3.60. The topological polar surface area (TPSA) is 115 Å². The quantitative estimate of drug-likeness (QED) is 0.489. The lowest BCUT2D eigenvalue weighted by Gasteiger charge is -1.92. The lowest BCUT2D eigenvalue weighted by atomic mass is 10.4. The fraction of sp³-hybridized carbons (Fsp3) is 0.0526. The predicted octanol–water partition coefficient (Wildman–Crippen LogP) is 3.90. The van der Waals surface area contributed by atoms with Crippen molar-refractivity contribution >= 4 is 34.6 Å². The minimum absolute atomic E-state index is 0.227. The van der Waals surface area contributed by atoms with Crippen LogP contribution >= 0.6 is 22.7 Å². The lowest BCUT2D eigenvalue weighted by Crippen LogP contribution is -1.96. The summed E-state index contributed by atoms with van der Waals surface area (Å²) in [4.78, 5) is 38.8. The number of methoxy groups -OCH3 is 1. The molecule has 146 valence electrons. The largest absolute Gasteiger partial charge is 0.477 e. The molecule has 0 radical (unpaired) electrons. The Balaban J connectivity index is 0.000000166. The molecule has 0 spiro atoms. The van der Waals surface area contributed by atoms with E-state index in [2.05, 4.69) is 24.7 Å². The van der Waals surface area contributed by atoms with Gasteiger partial charge in [-0.1, -0.05) is 12.1 Å². The third-order valence-electron chi connectivity index (χ3n) is 3.38. The highest BCUT2D eigenvalue weighted by atomic mass is 32.1. The number of hydrogen-bond donors (Lipinski definition) is 1. The second kappa shape index (κ2) is 9.62. The number of ether oxygens (including phenoxy) is 1. The number of aromatic nitrogens is 4. The Bertz CT molecular complexity index is 1100. The molecular formula is C19H14N4O4S2. The molecule has 0 amide bonds. The van der Waals surface area contributed by atoms with Crippen molar-refractivity contribution in [3.8, 4) is 21.4 Å². The van der Waals surface area contributed by atoms with Crippen molar-refractivity contribution in [3.63, 3.8) is 0 Å². The molecule has 0 atom stereocenters. The zero-order valence-electron chi connectivity index (χ0n) is 15.1. The van der Waals surface area contributed by atoms with Crippen LogP contribution in [0.2, 0.25) is 0 Å². The molecule has 0 aliphatic rings. The van der Waals surface area contributed by atoms with E-state index in [4.69, 9.17) is 5.11 Å². The average Bonchev–Trinajstić information content (AvgIpc) is 3.45. The van der Waals surface area contributed by atoms with Gasteiger partial charge in [-0.15, -0.1) is 22.7 Å². The van der Waals surface area contributed by atoms with Crippen molar-refractivity contribution in [1.82, 2.24) is 19.9 Å². The van der Waals surface area contributed by atoms with Gasteiger partial charge in [-0.3, -0.25) is 9.97 Å². The molecule has 4 heterocycles. The van der Waals surface area contributed by atoms with Crippen LogP contribution in [0.5, 0.6) is 0 Å². The summed E-state index contributed by atoms with van der Waals surface area (Å²) in [5.41, 5.74) is 1.46. The van der Waals surface area contributed by atoms with E-state index in [0.29, 0.717) is 15.6 Å². The zero-order valence-corrected chi connectivity index (χ0v) is 16.7.